The Morgan fingerprint density at radius 2 is 2.08 bits per heavy atom. The number of rotatable bonds is 4. The number of allylic oxidation sites excluding steroid dienone is 2. The van der Waals surface area contributed by atoms with Gasteiger partial charge in [-0.25, -0.2) is 13.8 Å². The van der Waals surface area contributed by atoms with Crippen LogP contribution in [-0.4, -0.2) is 16.8 Å². The van der Waals surface area contributed by atoms with E-state index < -0.39 is 11.8 Å². The van der Waals surface area contributed by atoms with Gasteiger partial charge in [-0.1, -0.05) is 0 Å². The Hall–Kier alpha value is -2.44. The van der Waals surface area contributed by atoms with Crippen LogP contribution in [0.15, 0.2) is 36.7 Å². The van der Waals surface area contributed by atoms with Gasteiger partial charge in [0, 0.05) is 19.0 Å². The lowest BCUT2D eigenvalue weighted by atomic mass is 9.83. The van der Waals surface area contributed by atoms with E-state index in [1.165, 1.54) is 11.3 Å². The van der Waals surface area contributed by atoms with Gasteiger partial charge in [0.2, 0.25) is 5.92 Å². The molecule has 1 aliphatic carbocycles. The van der Waals surface area contributed by atoms with E-state index in [0.717, 1.165) is 0 Å². The highest BCUT2D eigenvalue weighted by Gasteiger charge is 2.35. The summed E-state index contributed by atoms with van der Waals surface area (Å²) in [6.07, 6.45) is 7.77. The van der Waals surface area contributed by atoms with Gasteiger partial charge in [0.05, 0.1) is 11.3 Å². The Labute approximate surface area is 138 Å². The van der Waals surface area contributed by atoms with Crippen LogP contribution in [-0.2, 0) is 11.3 Å². The summed E-state index contributed by atoms with van der Waals surface area (Å²) in [6, 6.07) is 3.25. The minimum Gasteiger partial charge on any atom is -0.382 e. The van der Waals surface area contributed by atoms with Gasteiger partial charge in [0.25, 0.3) is 5.91 Å². The molecule has 0 spiro atoms. The number of halogens is 2. The summed E-state index contributed by atoms with van der Waals surface area (Å²) < 4.78 is 26.6. The maximum absolute atomic E-state index is 13.3. The topological polar surface area (TPSA) is 68.5 Å². The molecule has 128 valence electrons. The van der Waals surface area contributed by atoms with Crippen LogP contribution in [0.3, 0.4) is 0 Å². The highest BCUT2D eigenvalue weighted by Crippen LogP contribution is 2.37. The third kappa shape index (κ3) is 3.72. The second kappa shape index (κ2) is 6.59. The SMILES string of the molecule is NC(=O)c1ccc(N2C=CC=CO2)nc1CC1CCC(F)(F)CC1. The number of pyridine rings is 1. The van der Waals surface area contributed by atoms with E-state index >= 15 is 0 Å². The number of carbonyl (C=O) groups is 1. The molecule has 0 atom stereocenters. The van der Waals surface area contributed by atoms with Crippen LogP contribution in [0.5, 0.6) is 0 Å². The first-order chi connectivity index (χ1) is 11.4. The Balaban J connectivity index is 1.80. The summed E-state index contributed by atoms with van der Waals surface area (Å²) in [6.45, 7) is 0. The molecule has 1 fully saturated rings. The van der Waals surface area contributed by atoms with Crippen molar-refractivity contribution in [1.29, 1.82) is 0 Å². The first kappa shape index (κ1) is 16.4. The second-order valence-electron chi connectivity index (χ2n) is 6.13. The smallest absolute Gasteiger partial charge is 0.250 e. The molecule has 0 radical (unpaired) electrons. The van der Waals surface area contributed by atoms with Crippen LogP contribution in [0.1, 0.15) is 41.7 Å². The van der Waals surface area contributed by atoms with E-state index in [1.807, 2.05) is 0 Å². The first-order valence-corrected chi connectivity index (χ1v) is 7.91. The molecule has 0 unspecified atom stereocenters. The lowest BCUT2D eigenvalue weighted by Crippen LogP contribution is -2.27. The molecule has 0 aromatic carbocycles. The van der Waals surface area contributed by atoms with Crippen molar-refractivity contribution in [3.63, 3.8) is 0 Å². The molecule has 5 nitrogen and oxygen atoms in total. The lowest BCUT2D eigenvalue weighted by molar-refractivity contribution is -0.0457. The van der Waals surface area contributed by atoms with Crippen molar-refractivity contribution >= 4 is 11.7 Å². The maximum Gasteiger partial charge on any atom is 0.250 e. The van der Waals surface area contributed by atoms with Crippen molar-refractivity contribution in [2.75, 3.05) is 5.06 Å². The number of primary amides is 1. The molecule has 1 aromatic heterocycles. The minimum atomic E-state index is -2.57. The van der Waals surface area contributed by atoms with Gasteiger partial charge in [0.1, 0.15) is 6.26 Å². The van der Waals surface area contributed by atoms with Crippen LogP contribution in [0.2, 0.25) is 0 Å². The molecular weight excluding hydrogens is 316 g/mol. The van der Waals surface area contributed by atoms with Crippen LogP contribution in [0, 0.1) is 5.92 Å². The van der Waals surface area contributed by atoms with Crippen LogP contribution in [0.25, 0.3) is 0 Å². The molecule has 7 heteroatoms. The standard InChI is InChI=1S/C17H19F2N3O2/c18-17(19)7-5-12(6-8-17)11-14-13(16(20)23)3-4-15(21-14)22-9-1-2-10-24-22/h1-4,9-10,12H,5-8,11H2,(H2,20,23). The predicted octanol–water partition coefficient (Wildman–Crippen LogP) is 3.33. The fraction of sp³-hybridized carbons (Fsp3) is 0.412. The summed E-state index contributed by atoms with van der Waals surface area (Å²) in [5, 5.41) is 1.46. The number of hydrogen-bond donors (Lipinski definition) is 1. The Morgan fingerprint density at radius 3 is 2.71 bits per heavy atom. The van der Waals surface area contributed by atoms with Crippen molar-refractivity contribution in [1.82, 2.24) is 4.98 Å². The van der Waals surface area contributed by atoms with Crippen LogP contribution >= 0.6 is 0 Å². The van der Waals surface area contributed by atoms with E-state index in [-0.39, 0.29) is 18.8 Å². The molecule has 0 saturated heterocycles. The van der Waals surface area contributed by atoms with Gasteiger partial charge >= 0.3 is 0 Å². The van der Waals surface area contributed by atoms with E-state index in [1.54, 1.807) is 30.5 Å². The number of anilines is 1. The number of alkyl halides is 2. The van der Waals surface area contributed by atoms with Gasteiger partial charge < -0.3 is 10.6 Å². The molecule has 1 aromatic rings. The molecule has 3 rings (SSSR count). The normalized spacial score (nSPS) is 20.0. The number of amides is 1. The zero-order valence-corrected chi connectivity index (χ0v) is 13.1. The monoisotopic (exact) mass is 335 g/mol. The highest BCUT2D eigenvalue weighted by atomic mass is 19.3. The van der Waals surface area contributed by atoms with Crippen LogP contribution < -0.4 is 10.8 Å². The van der Waals surface area contributed by atoms with Gasteiger partial charge in [-0.3, -0.25) is 4.79 Å². The fourth-order valence-electron chi connectivity index (χ4n) is 3.01. The third-order valence-electron chi connectivity index (χ3n) is 4.36. The van der Waals surface area contributed by atoms with Crippen molar-refractivity contribution in [3.05, 3.63) is 48.0 Å². The molecule has 24 heavy (non-hydrogen) atoms. The highest BCUT2D eigenvalue weighted by molar-refractivity contribution is 5.94. The van der Waals surface area contributed by atoms with Gasteiger partial charge in [0.15, 0.2) is 5.82 Å². The van der Waals surface area contributed by atoms with E-state index in [4.69, 9.17) is 10.6 Å². The second-order valence-corrected chi connectivity index (χ2v) is 6.13. The third-order valence-corrected chi connectivity index (χ3v) is 4.36. The number of aromatic nitrogens is 1. The zero-order chi connectivity index (χ0) is 17.2. The van der Waals surface area contributed by atoms with Crippen molar-refractivity contribution < 1.29 is 18.4 Å². The summed E-state index contributed by atoms with van der Waals surface area (Å²) >= 11 is 0. The average molecular weight is 335 g/mol. The maximum atomic E-state index is 13.3. The van der Waals surface area contributed by atoms with Gasteiger partial charge in [-0.05, 0) is 49.5 Å². The molecule has 2 heterocycles. The molecule has 1 saturated carbocycles. The van der Waals surface area contributed by atoms with E-state index in [0.29, 0.717) is 36.3 Å². The van der Waals surface area contributed by atoms with E-state index in [9.17, 15) is 13.6 Å². The van der Waals surface area contributed by atoms with Gasteiger partial charge in [-0.15, -0.1) is 0 Å². The number of hydroxylamine groups is 1. The predicted molar refractivity (Wildman–Crippen MR) is 85.2 cm³/mol. The Kier molecular flexibility index (Phi) is 4.51. The first-order valence-electron chi connectivity index (χ1n) is 7.91. The number of carbonyl (C=O) groups excluding carboxylic acids is 1. The summed E-state index contributed by atoms with van der Waals surface area (Å²) in [5.74, 6) is -2.56. The van der Waals surface area contributed by atoms with E-state index in [2.05, 4.69) is 4.98 Å². The fourth-order valence-corrected chi connectivity index (χ4v) is 3.01. The Bertz CT molecular complexity index is 678. The van der Waals surface area contributed by atoms with Crippen molar-refractivity contribution in [2.45, 2.75) is 38.0 Å². The molecule has 1 aliphatic heterocycles. The summed E-state index contributed by atoms with van der Waals surface area (Å²) in [7, 11) is 0. The molecule has 1 amide bonds. The largest absolute Gasteiger partial charge is 0.382 e. The molecule has 2 aliphatic rings. The zero-order valence-electron chi connectivity index (χ0n) is 13.1. The van der Waals surface area contributed by atoms with Crippen molar-refractivity contribution in [2.24, 2.45) is 11.7 Å². The summed E-state index contributed by atoms with van der Waals surface area (Å²) in [4.78, 5) is 21.4. The number of nitrogens with zero attached hydrogens (tertiary/aromatic N) is 2. The number of hydrogen-bond acceptors (Lipinski definition) is 4. The lowest BCUT2D eigenvalue weighted by Gasteiger charge is -2.28. The quantitative estimate of drug-likeness (QED) is 0.916. The van der Waals surface area contributed by atoms with Crippen LogP contribution in [0.4, 0.5) is 14.6 Å². The minimum absolute atomic E-state index is 0.0724. The molecule has 0 bridgehead atoms. The molecular formula is C17H19F2N3O2. The number of nitrogens with two attached hydrogens (primary N) is 1. The Morgan fingerprint density at radius 1 is 1.33 bits per heavy atom. The molecule has 2 N–H and O–H groups in total. The van der Waals surface area contributed by atoms with Gasteiger partial charge in [-0.2, -0.15) is 5.06 Å². The average Bonchev–Trinajstić information content (AvgIpc) is 2.57. The van der Waals surface area contributed by atoms with Crippen molar-refractivity contribution in [3.8, 4) is 0 Å². The summed E-state index contributed by atoms with van der Waals surface area (Å²) in [5.41, 5.74) is 6.28.